The highest BCUT2D eigenvalue weighted by Crippen LogP contribution is 2.50. The van der Waals surface area contributed by atoms with Gasteiger partial charge in [0.2, 0.25) is 5.75 Å². The summed E-state index contributed by atoms with van der Waals surface area (Å²) in [4.78, 5) is 25.5. The molecule has 0 saturated carbocycles. The Morgan fingerprint density at radius 2 is 1.67 bits per heavy atom. The fraction of sp³-hybridized carbons (Fsp3) is 0.185. The van der Waals surface area contributed by atoms with Crippen LogP contribution in [0.25, 0.3) is 22.3 Å². The van der Waals surface area contributed by atoms with E-state index in [1.54, 1.807) is 48.5 Å². The Morgan fingerprint density at radius 3 is 2.39 bits per heavy atom. The number of carbonyl (C=O) groups excluding carboxylic acids is 1. The van der Waals surface area contributed by atoms with Crippen molar-refractivity contribution in [2.75, 3.05) is 20.3 Å². The Labute approximate surface area is 204 Å². The second kappa shape index (κ2) is 9.18. The van der Waals surface area contributed by atoms with E-state index in [0.717, 1.165) is 0 Å². The van der Waals surface area contributed by atoms with Crippen LogP contribution in [0.1, 0.15) is 23.5 Å². The van der Waals surface area contributed by atoms with Gasteiger partial charge in [-0.05, 0) is 17.7 Å². The highest BCUT2D eigenvalue weighted by atomic mass is 16.6. The Morgan fingerprint density at radius 1 is 0.944 bits per heavy atom. The third kappa shape index (κ3) is 3.94. The van der Waals surface area contributed by atoms with Gasteiger partial charge < -0.3 is 33.9 Å². The monoisotopic (exact) mass is 490 g/mol. The molecule has 1 aromatic heterocycles. The number of esters is 1. The molecule has 5 rings (SSSR count). The molecule has 3 N–H and O–H groups in total. The highest BCUT2D eigenvalue weighted by Gasteiger charge is 2.32. The molecule has 0 amide bonds. The molecule has 0 bridgehead atoms. The molecule has 2 heterocycles. The van der Waals surface area contributed by atoms with Gasteiger partial charge in [-0.2, -0.15) is 0 Å². The minimum absolute atomic E-state index is 0.0581. The lowest BCUT2D eigenvalue weighted by Crippen LogP contribution is -2.16. The smallest absolute Gasteiger partial charge is 0.306 e. The molecule has 3 aromatic carbocycles. The number of methoxy groups -OCH3 is 1. The fourth-order valence-corrected chi connectivity index (χ4v) is 4.35. The first-order chi connectivity index (χ1) is 17.4. The topological polar surface area (TPSA) is 136 Å². The van der Waals surface area contributed by atoms with Gasteiger partial charge in [-0.15, -0.1) is 0 Å². The van der Waals surface area contributed by atoms with E-state index >= 15 is 0 Å². The number of aromatic hydroxyl groups is 3. The average molecular weight is 490 g/mol. The summed E-state index contributed by atoms with van der Waals surface area (Å²) in [6.45, 7) is 0.726. The summed E-state index contributed by atoms with van der Waals surface area (Å²) in [5.74, 6) is -2.87. The summed E-state index contributed by atoms with van der Waals surface area (Å²) < 4.78 is 22.2. The van der Waals surface area contributed by atoms with Crippen LogP contribution in [0.2, 0.25) is 0 Å². The van der Waals surface area contributed by atoms with Crippen LogP contribution < -0.4 is 14.9 Å². The number of benzene rings is 3. The predicted molar refractivity (Wildman–Crippen MR) is 129 cm³/mol. The molecule has 4 aromatic rings. The summed E-state index contributed by atoms with van der Waals surface area (Å²) in [5, 5.41) is 31.8. The van der Waals surface area contributed by atoms with Crippen LogP contribution in [0.4, 0.5) is 0 Å². The van der Waals surface area contributed by atoms with Crippen LogP contribution in [0, 0.1) is 0 Å². The number of hydrogen-bond acceptors (Lipinski definition) is 9. The zero-order valence-corrected chi connectivity index (χ0v) is 19.2. The average Bonchev–Trinajstić information content (AvgIpc) is 2.91. The molecule has 0 saturated heterocycles. The molecular weight excluding hydrogens is 468 g/mol. The van der Waals surface area contributed by atoms with Crippen LogP contribution in [-0.2, 0) is 9.53 Å². The molecule has 0 fully saturated rings. The lowest BCUT2D eigenvalue weighted by molar-refractivity contribution is -0.140. The molecule has 0 spiro atoms. The molecule has 0 aliphatic carbocycles. The van der Waals surface area contributed by atoms with Crippen molar-refractivity contribution in [3.63, 3.8) is 0 Å². The van der Waals surface area contributed by atoms with Gasteiger partial charge in [-0.3, -0.25) is 9.59 Å². The van der Waals surface area contributed by atoms with E-state index in [2.05, 4.69) is 0 Å². The van der Waals surface area contributed by atoms with Crippen LogP contribution in [0.3, 0.4) is 0 Å². The molecule has 0 unspecified atom stereocenters. The highest BCUT2D eigenvalue weighted by molar-refractivity contribution is 5.93. The van der Waals surface area contributed by atoms with Crippen LogP contribution in [0.5, 0.6) is 28.7 Å². The second-order valence-corrected chi connectivity index (χ2v) is 8.24. The lowest BCUT2D eigenvalue weighted by atomic mass is 9.86. The summed E-state index contributed by atoms with van der Waals surface area (Å²) in [7, 11) is 1.23. The quantitative estimate of drug-likeness (QED) is 0.280. The maximum Gasteiger partial charge on any atom is 0.306 e. The van der Waals surface area contributed by atoms with E-state index in [9.17, 15) is 24.9 Å². The second-order valence-electron chi connectivity index (χ2n) is 8.24. The number of phenols is 3. The van der Waals surface area contributed by atoms with Crippen LogP contribution in [0.15, 0.2) is 63.8 Å². The molecule has 9 nitrogen and oxygen atoms in total. The Kier molecular flexibility index (Phi) is 5.89. The maximum absolute atomic E-state index is 13.1. The molecule has 1 atom stereocenters. The first-order valence-electron chi connectivity index (χ1n) is 11.2. The van der Waals surface area contributed by atoms with Gasteiger partial charge >= 0.3 is 5.97 Å². The zero-order chi connectivity index (χ0) is 25.4. The fourth-order valence-electron chi connectivity index (χ4n) is 4.35. The third-order valence-electron chi connectivity index (χ3n) is 6.11. The van der Waals surface area contributed by atoms with Crippen LogP contribution in [-0.4, -0.2) is 41.6 Å². The van der Waals surface area contributed by atoms with E-state index < -0.39 is 34.6 Å². The van der Waals surface area contributed by atoms with E-state index in [4.69, 9.17) is 18.6 Å². The normalized spacial score (nSPS) is 13.4. The minimum Gasteiger partial charge on any atom is -0.504 e. The molecule has 1 aliphatic rings. The van der Waals surface area contributed by atoms with Gasteiger partial charge in [0.25, 0.3) is 0 Å². The van der Waals surface area contributed by atoms with Crippen molar-refractivity contribution in [1.29, 1.82) is 0 Å². The summed E-state index contributed by atoms with van der Waals surface area (Å²) >= 11 is 0. The van der Waals surface area contributed by atoms with Crippen molar-refractivity contribution >= 4 is 16.9 Å². The minimum atomic E-state index is -0.948. The van der Waals surface area contributed by atoms with Crippen molar-refractivity contribution in [3.05, 3.63) is 75.9 Å². The Bertz CT molecular complexity index is 1520. The maximum atomic E-state index is 13.1. The van der Waals surface area contributed by atoms with Gasteiger partial charge in [0.05, 0.1) is 13.5 Å². The van der Waals surface area contributed by atoms with Crippen molar-refractivity contribution in [2.24, 2.45) is 0 Å². The van der Waals surface area contributed by atoms with E-state index in [1.165, 1.54) is 13.2 Å². The first kappa shape index (κ1) is 23.1. The van der Waals surface area contributed by atoms with Crippen molar-refractivity contribution in [2.45, 2.75) is 12.3 Å². The third-order valence-corrected chi connectivity index (χ3v) is 6.11. The number of hydrogen-bond donors (Lipinski definition) is 3. The SMILES string of the molecule is COC(=O)C[C@H](c1ccc2c(c1)OCCO2)c1c(O)c(O)c(O)c2c(=O)cc(-c3ccccc3)oc12. The molecule has 184 valence electrons. The number of phenolic OH excluding ortho intramolecular Hbond substituents is 3. The number of rotatable bonds is 5. The van der Waals surface area contributed by atoms with E-state index in [1.807, 2.05) is 0 Å². The molecule has 1 aliphatic heterocycles. The number of ether oxygens (including phenoxy) is 3. The summed E-state index contributed by atoms with van der Waals surface area (Å²) in [6.07, 6.45) is -0.276. The molecular formula is C27H22O9. The summed E-state index contributed by atoms with van der Waals surface area (Å²) in [5.41, 5.74) is 0.218. The molecule has 36 heavy (non-hydrogen) atoms. The Balaban J connectivity index is 1.81. The van der Waals surface area contributed by atoms with Crippen molar-refractivity contribution in [1.82, 2.24) is 0 Å². The number of carbonyl (C=O) groups is 1. The van der Waals surface area contributed by atoms with Crippen molar-refractivity contribution < 1.29 is 38.7 Å². The first-order valence-corrected chi connectivity index (χ1v) is 11.2. The van der Waals surface area contributed by atoms with Gasteiger partial charge in [-0.1, -0.05) is 36.4 Å². The van der Waals surface area contributed by atoms with Crippen molar-refractivity contribution in [3.8, 4) is 40.1 Å². The van der Waals surface area contributed by atoms with Gasteiger partial charge in [0.15, 0.2) is 28.4 Å². The molecule has 0 radical (unpaired) electrons. The Hall–Kier alpha value is -4.66. The number of fused-ring (bicyclic) bond motifs is 2. The molecule has 9 heteroatoms. The lowest BCUT2D eigenvalue weighted by Gasteiger charge is -2.23. The standard InChI is InChI=1S/C27H22O9/c1-33-21(29)12-16(15-7-8-18-20(11-15)35-10-9-34-18)22-24(30)26(32)25(31)23-17(28)13-19(36-27(22)23)14-5-3-2-4-6-14/h2-8,11,13,16,30-32H,9-10,12H2,1H3/t16-/m1/s1. The van der Waals surface area contributed by atoms with E-state index in [0.29, 0.717) is 35.8 Å². The zero-order valence-electron chi connectivity index (χ0n) is 19.2. The van der Waals surface area contributed by atoms with Crippen LogP contribution >= 0.6 is 0 Å². The van der Waals surface area contributed by atoms with Gasteiger partial charge in [0, 0.05) is 23.1 Å². The largest absolute Gasteiger partial charge is 0.504 e. The predicted octanol–water partition coefficient (Wildman–Crippen LogP) is 4.04. The van der Waals surface area contributed by atoms with Gasteiger partial charge in [0.1, 0.15) is 29.9 Å². The van der Waals surface area contributed by atoms with E-state index in [-0.39, 0.29) is 28.7 Å². The summed E-state index contributed by atoms with van der Waals surface area (Å²) in [6, 6.07) is 15.0. The van der Waals surface area contributed by atoms with Gasteiger partial charge in [-0.25, -0.2) is 0 Å².